The first-order chi connectivity index (χ1) is 13.6. The molecule has 3 rings (SSSR count). The number of nitrogens with zero attached hydrogens (tertiary/aromatic N) is 4. The van der Waals surface area contributed by atoms with Crippen LogP contribution in [0.5, 0.6) is 11.5 Å². The molecule has 0 saturated carbocycles. The van der Waals surface area contributed by atoms with Crippen LogP contribution >= 0.6 is 0 Å². The van der Waals surface area contributed by atoms with Crippen LogP contribution in [-0.2, 0) is 11.2 Å². The minimum atomic E-state index is -0.587. The van der Waals surface area contributed by atoms with Crippen LogP contribution < -0.4 is 14.8 Å². The van der Waals surface area contributed by atoms with Crippen molar-refractivity contribution in [3.8, 4) is 17.2 Å². The number of amides is 1. The van der Waals surface area contributed by atoms with E-state index in [0.717, 1.165) is 5.56 Å². The lowest BCUT2D eigenvalue weighted by atomic mass is 10.1. The van der Waals surface area contributed by atoms with Crippen LogP contribution in [-0.4, -0.2) is 39.8 Å². The zero-order chi connectivity index (χ0) is 19.9. The summed E-state index contributed by atoms with van der Waals surface area (Å²) >= 11 is 0. The van der Waals surface area contributed by atoms with Gasteiger partial charge in [-0.2, -0.15) is 0 Å². The minimum Gasteiger partial charge on any atom is -0.493 e. The highest BCUT2D eigenvalue weighted by Gasteiger charge is 2.12. The Labute approximate surface area is 160 Å². The highest BCUT2D eigenvalue weighted by molar-refractivity contribution is 5.92. The van der Waals surface area contributed by atoms with E-state index >= 15 is 0 Å². The van der Waals surface area contributed by atoms with Crippen molar-refractivity contribution < 1.29 is 18.7 Å². The second-order valence-corrected chi connectivity index (χ2v) is 5.73. The van der Waals surface area contributed by atoms with E-state index in [4.69, 9.17) is 9.47 Å². The first kappa shape index (κ1) is 19.0. The first-order valence-electron chi connectivity index (χ1n) is 8.34. The molecule has 0 fully saturated rings. The number of nitrogens with one attached hydrogen (secondary N) is 1. The molecule has 28 heavy (non-hydrogen) atoms. The van der Waals surface area contributed by atoms with Gasteiger partial charge in [0.15, 0.2) is 18.1 Å². The van der Waals surface area contributed by atoms with Crippen LogP contribution in [0.3, 0.4) is 0 Å². The molecule has 0 radical (unpaired) electrons. The Hall–Kier alpha value is -3.75. The molecule has 0 saturated heterocycles. The number of rotatable bonds is 8. The van der Waals surface area contributed by atoms with Gasteiger partial charge >= 0.3 is 0 Å². The van der Waals surface area contributed by atoms with Crippen LogP contribution in [0.2, 0.25) is 0 Å². The van der Waals surface area contributed by atoms with Crippen molar-refractivity contribution in [2.45, 2.75) is 6.42 Å². The number of benzene rings is 2. The number of carbonyl (C=O) groups excluding carboxylic acids is 1. The predicted molar refractivity (Wildman–Crippen MR) is 100 cm³/mol. The number of aromatic nitrogens is 4. The third kappa shape index (κ3) is 4.50. The van der Waals surface area contributed by atoms with Gasteiger partial charge in [-0.3, -0.25) is 4.79 Å². The quantitative estimate of drug-likeness (QED) is 0.601. The summed E-state index contributed by atoms with van der Waals surface area (Å²) in [6, 6.07) is 9.51. The van der Waals surface area contributed by atoms with Gasteiger partial charge in [-0.15, -0.1) is 11.7 Å². The van der Waals surface area contributed by atoms with Crippen LogP contribution in [0, 0.1) is 5.82 Å². The maximum atomic E-state index is 14.0. The molecular weight excluding hydrogens is 365 g/mol. The smallest absolute Gasteiger partial charge is 0.262 e. The molecule has 0 bridgehead atoms. The minimum absolute atomic E-state index is 0.00473. The number of hydrogen-bond donors (Lipinski definition) is 1. The third-order valence-corrected chi connectivity index (χ3v) is 3.80. The largest absolute Gasteiger partial charge is 0.493 e. The van der Waals surface area contributed by atoms with Gasteiger partial charge in [-0.05, 0) is 52.7 Å². The van der Waals surface area contributed by atoms with Crippen molar-refractivity contribution >= 4 is 11.6 Å². The Morgan fingerprint density at radius 2 is 2.14 bits per heavy atom. The summed E-state index contributed by atoms with van der Waals surface area (Å²) in [6.07, 6.45) is 3.83. The molecule has 0 aliphatic heterocycles. The van der Waals surface area contributed by atoms with Crippen LogP contribution in [0.1, 0.15) is 5.56 Å². The number of carbonyl (C=O) groups is 1. The second-order valence-electron chi connectivity index (χ2n) is 5.73. The molecule has 3 aromatic rings. The monoisotopic (exact) mass is 383 g/mol. The van der Waals surface area contributed by atoms with Crippen molar-refractivity contribution in [3.63, 3.8) is 0 Å². The summed E-state index contributed by atoms with van der Waals surface area (Å²) in [4.78, 5) is 12.2. The number of hydrogen-bond acceptors (Lipinski definition) is 6. The molecule has 1 heterocycles. The predicted octanol–water partition coefficient (Wildman–Crippen LogP) is 2.56. The Morgan fingerprint density at radius 3 is 2.86 bits per heavy atom. The van der Waals surface area contributed by atoms with Crippen molar-refractivity contribution in [1.29, 1.82) is 0 Å². The summed E-state index contributed by atoms with van der Waals surface area (Å²) in [5.74, 6) is -0.200. The normalized spacial score (nSPS) is 10.4. The van der Waals surface area contributed by atoms with Crippen molar-refractivity contribution in [2.24, 2.45) is 0 Å². The molecule has 0 aliphatic carbocycles. The van der Waals surface area contributed by atoms with Crippen LogP contribution in [0.25, 0.3) is 5.69 Å². The van der Waals surface area contributed by atoms with Crippen molar-refractivity contribution in [1.82, 2.24) is 20.2 Å². The summed E-state index contributed by atoms with van der Waals surface area (Å²) in [5.41, 5.74) is 1.50. The zero-order valence-corrected chi connectivity index (χ0v) is 15.1. The summed E-state index contributed by atoms with van der Waals surface area (Å²) in [7, 11) is 1.51. The molecule has 0 aliphatic rings. The standard InChI is InChI=1S/C19H18FN5O3/c1-3-4-13-5-8-17(18(9-13)27-2)28-11-19(26)22-16-10-14(6-7-15(16)20)25-12-21-23-24-25/h3,5-10,12H,1,4,11H2,2H3,(H,22,26). The van der Waals surface area contributed by atoms with E-state index in [1.807, 2.05) is 12.1 Å². The van der Waals surface area contributed by atoms with Crippen LogP contribution in [0.15, 0.2) is 55.4 Å². The molecular formula is C19H18FN5O3. The van der Waals surface area contributed by atoms with E-state index < -0.39 is 11.7 Å². The number of ether oxygens (including phenoxy) is 2. The van der Waals surface area contributed by atoms with E-state index in [2.05, 4.69) is 27.4 Å². The molecule has 0 unspecified atom stereocenters. The lowest BCUT2D eigenvalue weighted by Crippen LogP contribution is -2.21. The second kappa shape index (κ2) is 8.76. The lowest BCUT2D eigenvalue weighted by molar-refractivity contribution is -0.118. The van der Waals surface area contributed by atoms with E-state index in [1.54, 1.807) is 12.1 Å². The van der Waals surface area contributed by atoms with Gasteiger partial charge in [0, 0.05) is 0 Å². The Bertz CT molecular complexity index is 976. The molecule has 0 spiro atoms. The maximum absolute atomic E-state index is 14.0. The molecule has 1 N–H and O–H groups in total. The highest BCUT2D eigenvalue weighted by Crippen LogP contribution is 2.28. The van der Waals surface area contributed by atoms with Gasteiger partial charge in [0.05, 0.1) is 18.5 Å². The Kier molecular flexibility index (Phi) is 5.95. The number of halogens is 1. The average molecular weight is 383 g/mol. The summed E-state index contributed by atoms with van der Waals surface area (Å²) in [6.45, 7) is 3.38. The Morgan fingerprint density at radius 1 is 1.29 bits per heavy atom. The molecule has 1 amide bonds. The highest BCUT2D eigenvalue weighted by atomic mass is 19.1. The fraction of sp³-hybridized carbons (Fsp3) is 0.158. The van der Waals surface area contributed by atoms with Crippen molar-refractivity contribution in [2.75, 3.05) is 19.0 Å². The van der Waals surface area contributed by atoms with E-state index in [-0.39, 0.29) is 12.3 Å². The van der Waals surface area contributed by atoms with E-state index in [0.29, 0.717) is 23.6 Å². The molecule has 0 atom stereocenters. The third-order valence-electron chi connectivity index (χ3n) is 3.80. The number of allylic oxidation sites excluding steroid dienone is 1. The Balaban J connectivity index is 1.66. The van der Waals surface area contributed by atoms with Gasteiger partial charge in [0.2, 0.25) is 0 Å². The molecule has 144 valence electrons. The maximum Gasteiger partial charge on any atom is 0.262 e. The molecule has 1 aromatic heterocycles. The fourth-order valence-electron chi connectivity index (χ4n) is 2.49. The van der Waals surface area contributed by atoms with Gasteiger partial charge in [0.25, 0.3) is 5.91 Å². The van der Waals surface area contributed by atoms with Gasteiger partial charge in [-0.25, -0.2) is 9.07 Å². The molecule has 2 aromatic carbocycles. The lowest BCUT2D eigenvalue weighted by Gasteiger charge is -2.12. The van der Waals surface area contributed by atoms with Gasteiger partial charge < -0.3 is 14.8 Å². The van der Waals surface area contributed by atoms with E-state index in [9.17, 15) is 9.18 Å². The number of methoxy groups -OCH3 is 1. The number of anilines is 1. The molecule has 9 heteroatoms. The summed E-state index contributed by atoms with van der Waals surface area (Å²) in [5, 5.41) is 13.2. The van der Waals surface area contributed by atoms with Gasteiger partial charge in [0.1, 0.15) is 12.1 Å². The zero-order valence-electron chi connectivity index (χ0n) is 15.1. The topological polar surface area (TPSA) is 91.2 Å². The van der Waals surface area contributed by atoms with E-state index in [1.165, 1.54) is 36.3 Å². The number of tetrazole rings is 1. The van der Waals surface area contributed by atoms with Crippen LogP contribution in [0.4, 0.5) is 10.1 Å². The molecule has 8 nitrogen and oxygen atoms in total. The van der Waals surface area contributed by atoms with Crippen molar-refractivity contribution in [3.05, 3.63) is 66.8 Å². The SMILES string of the molecule is C=CCc1ccc(OCC(=O)Nc2cc(-n3cnnn3)ccc2F)c(OC)c1. The summed E-state index contributed by atoms with van der Waals surface area (Å²) < 4.78 is 26.2. The average Bonchev–Trinajstić information content (AvgIpc) is 3.23. The van der Waals surface area contributed by atoms with Gasteiger partial charge in [-0.1, -0.05) is 12.1 Å². The fourth-order valence-corrected chi connectivity index (χ4v) is 2.49. The first-order valence-corrected chi connectivity index (χ1v) is 8.34.